The number of halogens is 1. The Balaban J connectivity index is 2.33. The number of nitrogens with zero attached hydrogens (tertiary/aromatic N) is 1. The number of rotatable bonds is 6. The Bertz CT molecular complexity index is 880. The lowest BCUT2D eigenvalue weighted by Crippen LogP contribution is -2.45. The zero-order chi connectivity index (χ0) is 19.5. The molecule has 1 amide bonds. The maximum atomic E-state index is 13.2. The molecule has 140 valence electrons. The van der Waals surface area contributed by atoms with E-state index in [1.807, 2.05) is 26.0 Å². The van der Waals surface area contributed by atoms with Crippen LogP contribution in [0, 0.1) is 5.82 Å². The Hall–Kier alpha value is -2.41. The topological polar surface area (TPSA) is 66.5 Å². The molecule has 0 spiro atoms. The van der Waals surface area contributed by atoms with Gasteiger partial charge in [0.2, 0.25) is 15.9 Å². The van der Waals surface area contributed by atoms with Gasteiger partial charge in [0.05, 0.1) is 11.9 Å². The molecule has 0 aliphatic rings. The molecule has 2 rings (SSSR count). The van der Waals surface area contributed by atoms with Gasteiger partial charge in [-0.2, -0.15) is 0 Å². The summed E-state index contributed by atoms with van der Waals surface area (Å²) >= 11 is 0. The first-order valence-electron chi connectivity index (χ1n) is 8.26. The van der Waals surface area contributed by atoms with Crippen LogP contribution >= 0.6 is 0 Å². The van der Waals surface area contributed by atoms with Gasteiger partial charge in [0.15, 0.2) is 0 Å². The van der Waals surface area contributed by atoms with Gasteiger partial charge in [0, 0.05) is 5.69 Å². The van der Waals surface area contributed by atoms with Gasteiger partial charge in [-0.05, 0) is 48.7 Å². The first-order chi connectivity index (χ1) is 12.1. The summed E-state index contributed by atoms with van der Waals surface area (Å²) in [6.07, 6.45) is 1.02. The number of nitrogens with one attached hydrogen (secondary N) is 1. The summed E-state index contributed by atoms with van der Waals surface area (Å²) in [6.45, 7) is 5.52. The zero-order valence-corrected chi connectivity index (χ0v) is 16.0. The van der Waals surface area contributed by atoms with Crippen LogP contribution in [0.15, 0.2) is 48.5 Å². The van der Waals surface area contributed by atoms with Gasteiger partial charge in [0.1, 0.15) is 11.9 Å². The van der Waals surface area contributed by atoms with Gasteiger partial charge < -0.3 is 5.32 Å². The fourth-order valence-corrected chi connectivity index (χ4v) is 3.92. The van der Waals surface area contributed by atoms with Crippen molar-refractivity contribution in [1.82, 2.24) is 0 Å². The molecule has 0 aromatic heterocycles. The number of anilines is 2. The van der Waals surface area contributed by atoms with E-state index in [4.69, 9.17) is 0 Å². The third-order valence-corrected chi connectivity index (χ3v) is 5.25. The van der Waals surface area contributed by atoms with Crippen molar-refractivity contribution < 1.29 is 17.6 Å². The van der Waals surface area contributed by atoms with E-state index in [-0.39, 0.29) is 11.6 Å². The maximum Gasteiger partial charge on any atom is 0.248 e. The third-order valence-electron chi connectivity index (χ3n) is 4.01. The van der Waals surface area contributed by atoms with E-state index >= 15 is 0 Å². The maximum absolute atomic E-state index is 13.2. The third kappa shape index (κ3) is 4.60. The molecule has 0 unspecified atom stereocenters. The molecule has 0 aliphatic heterocycles. The van der Waals surface area contributed by atoms with Crippen LogP contribution in [0.2, 0.25) is 0 Å². The number of para-hydroxylation sites is 1. The molecule has 0 aliphatic carbocycles. The standard InChI is InChI=1S/C19H23FN2O3S/c1-13(2)17-7-5-6-8-18(17)21-19(23)14(3)22(26(4,24)25)16-11-9-15(20)10-12-16/h5-14H,1-4H3,(H,21,23)/t14-/m0/s1. The number of sulfonamides is 1. The van der Waals surface area contributed by atoms with Crippen LogP contribution in [0.4, 0.5) is 15.8 Å². The molecule has 0 saturated heterocycles. The van der Waals surface area contributed by atoms with Crippen LogP contribution in [-0.2, 0) is 14.8 Å². The van der Waals surface area contributed by atoms with E-state index in [1.54, 1.807) is 12.1 Å². The highest BCUT2D eigenvalue weighted by Gasteiger charge is 2.29. The number of hydrogen-bond acceptors (Lipinski definition) is 3. The lowest BCUT2D eigenvalue weighted by molar-refractivity contribution is -0.116. The number of carbonyl (C=O) groups excluding carboxylic acids is 1. The fourth-order valence-electron chi connectivity index (χ4n) is 2.75. The lowest BCUT2D eigenvalue weighted by Gasteiger charge is -2.28. The summed E-state index contributed by atoms with van der Waals surface area (Å²) in [5.41, 5.74) is 1.83. The van der Waals surface area contributed by atoms with Crippen LogP contribution in [0.3, 0.4) is 0 Å². The van der Waals surface area contributed by atoms with E-state index in [0.29, 0.717) is 5.69 Å². The van der Waals surface area contributed by atoms with Crippen LogP contribution in [0.25, 0.3) is 0 Å². The summed E-state index contributed by atoms with van der Waals surface area (Å²) in [7, 11) is -3.74. The fraction of sp³-hybridized carbons (Fsp3) is 0.316. The molecule has 0 radical (unpaired) electrons. The van der Waals surface area contributed by atoms with E-state index in [0.717, 1.165) is 28.3 Å². The average Bonchev–Trinajstić information content (AvgIpc) is 2.55. The highest BCUT2D eigenvalue weighted by Crippen LogP contribution is 2.25. The number of amides is 1. The predicted molar refractivity (Wildman–Crippen MR) is 102 cm³/mol. The molecule has 0 bridgehead atoms. The normalized spacial score (nSPS) is 12.7. The number of benzene rings is 2. The van der Waals surface area contributed by atoms with Gasteiger partial charge in [-0.15, -0.1) is 0 Å². The quantitative estimate of drug-likeness (QED) is 0.833. The molecule has 1 atom stereocenters. The van der Waals surface area contributed by atoms with Crippen LogP contribution in [0.1, 0.15) is 32.3 Å². The number of carbonyl (C=O) groups is 1. The van der Waals surface area contributed by atoms with Crippen molar-refractivity contribution in [3.8, 4) is 0 Å². The average molecular weight is 378 g/mol. The van der Waals surface area contributed by atoms with Crippen molar-refractivity contribution in [1.29, 1.82) is 0 Å². The molecule has 26 heavy (non-hydrogen) atoms. The second-order valence-corrected chi connectivity index (χ2v) is 8.30. The molecular weight excluding hydrogens is 355 g/mol. The van der Waals surface area contributed by atoms with Crippen molar-refractivity contribution >= 4 is 27.3 Å². The summed E-state index contributed by atoms with van der Waals surface area (Å²) in [5.74, 6) is -0.747. The van der Waals surface area contributed by atoms with Gasteiger partial charge in [0.25, 0.3) is 0 Å². The summed E-state index contributed by atoms with van der Waals surface area (Å²) in [6, 6.07) is 11.4. The highest BCUT2D eigenvalue weighted by molar-refractivity contribution is 7.92. The van der Waals surface area contributed by atoms with Crippen LogP contribution < -0.4 is 9.62 Å². The first-order valence-corrected chi connectivity index (χ1v) is 10.1. The second-order valence-electron chi connectivity index (χ2n) is 6.44. The molecule has 1 N–H and O–H groups in total. The van der Waals surface area contributed by atoms with E-state index in [2.05, 4.69) is 5.32 Å². The van der Waals surface area contributed by atoms with Crippen molar-refractivity contribution in [3.05, 3.63) is 59.9 Å². The highest BCUT2D eigenvalue weighted by atomic mass is 32.2. The molecule has 2 aromatic carbocycles. The largest absolute Gasteiger partial charge is 0.324 e. The molecular formula is C19H23FN2O3S. The van der Waals surface area contributed by atoms with E-state index in [1.165, 1.54) is 19.1 Å². The molecule has 0 saturated carbocycles. The minimum absolute atomic E-state index is 0.199. The smallest absolute Gasteiger partial charge is 0.248 e. The summed E-state index contributed by atoms with van der Waals surface area (Å²) in [5, 5.41) is 2.81. The van der Waals surface area contributed by atoms with Crippen molar-refractivity contribution in [2.24, 2.45) is 0 Å². The van der Waals surface area contributed by atoms with Gasteiger partial charge in [-0.25, -0.2) is 12.8 Å². The Kier molecular flexibility index (Phi) is 6.02. The Labute approximate surface area is 153 Å². The minimum Gasteiger partial charge on any atom is -0.324 e. The molecule has 2 aromatic rings. The monoisotopic (exact) mass is 378 g/mol. The van der Waals surface area contributed by atoms with Gasteiger partial charge in [-0.1, -0.05) is 32.0 Å². The predicted octanol–water partition coefficient (Wildman–Crippen LogP) is 3.74. The summed E-state index contributed by atoms with van der Waals surface area (Å²) in [4.78, 5) is 12.7. The van der Waals surface area contributed by atoms with Gasteiger partial charge in [-0.3, -0.25) is 9.10 Å². The van der Waals surface area contributed by atoms with E-state index < -0.39 is 27.8 Å². The Morgan fingerprint density at radius 3 is 2.15 bits per heavy atom. The molecule has 0 heterocycles. The summed E-state index contributed by atoms with van der Waals surface area (Å²) < 4.78 is 38.6. The van der Waals surface area contributed by atoms with Crippen LogP contribution in [0.5, 0.6) is 0 Å². The Morgan fingerprint density at radius 2 is 1.62 bits per heavy atom. The van der Waals surface area contributed by atoms with Crippen LogP contribution in [-0.4, -0.2) is 26.6 Å². The number of hydrogen-bond donors (Lipinski definition) is 1. The second kappa shape index (κ2) is 7.86. The molecule has 0 fully saturated rings. The molecule has 5 nitrogen and oxygen atoms in total. The minimum atomic E-state index is -3.74. The van der Waals surface area contributed by atoms with Crippen molar-refractivity contribution in [2.75, 3.05) is 15.9 Å². The van der Waals surface area contributed by atoms with Gasteiger partial charge >= 0.3 is 0 Å². The van der Waals surface area contributed by atoms with Crippen molar-refractivity contribution in [2.45, 2.75) is 32.7 Å². The molecule has 7 heteroatoms. The van der Waals surface area contributed by atoms with Crippen molar-refractivity contribution in [3.63, 3.8) is 0 Å². The lowest BCUT2D eigenvalue weighted by atomic mass is 10.0. The zero-order valence-electron chi connectivity index (χ0n) is 15.2. The SMILES string of the molecule is CC(C)c1ccccc1NC(=O)[C@H](C)N(c1ccc(F)cc1)S(C)(=O)=O. The van der Waals surface area contributed by atoms with E-state index in [9.17, 15) is 17.6 Å². The Morgan fingerprint density at radius 1 is 1.04 bits per heavy atom. The first kappa shape index (κ1) is 19.9.